The van der Waals surface area contributed by atoms with Crippen LogP contribution in [0.4, 0.5) is 0 Å². The third kappa shape index (κ3) is 4.21. The lowest BCUT2D eigenvalue weighted by Gasteiger charge is -2.24. The SMILES string of the molecule is Cc1ccccc1OCC1(O)CCN(C(=O)CCC(=O)O)C1. The third-order valence-corrected chi connectivity index (χ3v) is 3.83. The molecule has 120 valence electrons. The highest BCUT2D eigenvalue weighted by Crippen LogP contribution is 2.25. The monoisotopic (exact) mass is 307 g/mol. The van der Waals surface area contributed by atoms with Crippen molar-refractivity contribution in [1.29, 1.82) is 0 Å². The second-order valence-electron chi connectivity index (χ2n) is 5.74. The molecule has 1 aliphatic heterocycles. The molecule has 0 aliphatic carbocycles. The van der Waals surface area contributed by atoms with Crippen molar-refractivity contribution in [2.24, 2.45) is 0 Å². The Morgan fingerprint density at radius 2 is 2.05 bits per heavy atom. The number of rotatable bonds is 6. The predicted molar refractivity (Wildman–Crippen MR) is 79.7 cm³/mol. The Labute approximate surface area is 129 Å². The van der Waals surface area contributed by atoms with E-state index in [0.717, 1.165) is 5.56 Å². The van der Waals surface area contributed by atoms with Gasteiger partial charge in [-0.15, -0.1) is 0 Å². The van der Waals surface area contributed by atoms with Gasteiger partial charge in [-0.2, -0.15) is 0 Å². The second kappa shape index (κ2) is 6.79. The molecule has 6 heteroatoms. The zero-order valence-electron chi connectivity index (χ0n) is 12.6. The fourth-order valence-corrected chi connectivity index (χ4v) is 2.49. The molecule has 22 heavy (non-hydrogen) atoms. The lowest BCUT2D eigenvalue weighted by Crippen LogP contribution is -2.40. The number of para-hydroxylation sites is 1. The van der Waals surface area contributed by atoms with Gasteiger partial charge in [0.05, 0.1) is 13.0 Å². The van der Waals surface area contributed by atoms with Crippen LogP contribution in [-0.4, -0.2) is 52.3 Å². The summed E-state index contributed by atoms with van der Waals surface area (Å²) in [6.07, 6.45) is 0.204. The number of carboxylic acids is 1. The molecule has 6 nitrogen and oxygen atoms in total. The largest absolute Gasteiger partial charge is 0.490 e. The summed E-state index contributed by atoms with van der Waals surface area (Å²) in [6.45, 7) is 2.64. The van der Waals surface area contributed by atoms with Crippen LogP contribution in [0.3, 0.4) is 0 Å². The summed E-state index contributed by atoms with van der Waals surface area (Å²) in [6, 6.07) is 7.54. The number of ether oxygens (including phenoxy) is 1. The third-order valence-electron chi connectivity index (χ3n) is 3.83. The van der Waals surface area contributed by atoms with Crippen LogP contribution in [0.5, 0.6) is 5.75 Å². The standard InChI is InChI=1S/C16H21NO5/c1-12-4-2-3-5-13(12)22-11-16(21)8-9-17(10-16)14(18)6-7-15(19)20/h2-5,21H,6-11H2,1H3,(H,19,20). The number of likely N-dealkylation sites (tertiary alicyclic amines) is 1. The molecular formula is C16H21NO5. The molecule has 1 atom stereocenters. The van der Waals surface area contributed by atoms with Gasteiger partial charge in [0.1, 0.15) is 18.0 Å². The first-order valence-corrected chi connectivity index (χ1v) is 7.30. The number of aliphatic hydroxyl groups is 1. The van der Waals surface area contributed by atoms with Crippen molar-refractivity contribution in [2.75, 3.05) is 19.7 Å². The number of nitrogens with zero attached hydrogens (tertiary/aromatic N) is 1. The Hall–Kier alpha value is -2.08. The second-order valence-corrected chi connectivity index (χ2v) is 5.74. The minimum atomic E-state index is -1.08. The molecule has 1 saturated heterocycles. The summed E-state index contributed by atoms with van der Waals surface area (Å²) in [5.74, 6) is -0.522. The van der Waals surface area contributed by atoms with Gasteiger partial charge in [-0.05, 0) is 25.0 Å². The maximum atomic E-state index is 11.9. The van der Waals surface area contributed by atoms with Crippen LogP contribution in [0.1, 0.15) is 24.8 Å². The highest BCUT2D eigenvalue weighted by atomic mass is 16.5. The van der Waals surface area contributed by atoms with Crippen molar-refractivity contribution in [3.63, 3.8) is 0 Å². The van der Waals surface area contributed by atoms with Gasteiger partial charge in [0, 0.05) is 13.0 Å². The molecule has 0 spiro atoms. The van der Waals surface area contributed by atoms with Crippen molar-refractivity contribution in [1.82, 2.24) is 4.90 Å². The molecule has 0 saturated carbocycles. The van der Waals surface area contributed by atoms with E-state index in [2.05, 4.69) is 0 Å². The van der Waals surface area contributed by atoms with Gasteiger partial charge >= 0.3 is 5.97 Å². The van der Waals surface area contributed by atoms with Gasteiger partial charge in [0.25, 0.3) is 0 Å². The van der Waals surface area contributed by atoms with E-state index < -0.39 is 11.6 Å². The number of carboxylic acid groups (broad SMARTS) is 1. The van der Waals surface area contributed by atoms with Crippen LogP contribution in [-0.2, 0) is 9.59 Å². The first-order chi connectivity index (χ1) is 10.4. The number of β-amino-alcohol motifs (C(OH)–C–C–N with tert-alkyl or cyclic N) is 1. The Balaban J connectivity index is 1.86. The Kier molecular flexibility index (Phi) is 5.03. The molecule has 1 fully saturated rings. The Bertz CT molecular complexity index is 559. The van der Waals surface area contributed by atoms with E-state index in [1.165, 1.54) is 4.90 Å². The number of aliphatic carboxylic acids is 1. The average molecular weight is 307 g/mol. The van der Waals surface area contributed by atoms with E-state index in [1.54, 1.807) is 0 Å². The molecule has 1 aromatic carbocycles. The lowest BCUT2D eigenvalue weighted by molar-refractivity contribution is -0.140. The number of amides is 1. The summed E-state index contributed by atoms with van der Waals surface area (Å²) >= 11 is 0. The zero-order chi connectivity index (χ0) is 16.2. The van der Waals surface area contributed by atoms with Gasteiger partial charge in [-0.1, -0.05) is 18.2 Å². The number of carbonyl (C=O) groups is 2. The smallest absolute Gasteiger partial charge is 0.303 e. The van der Waals surface area contributed by atoms with Crippen LogP contribution in [0.15, 0.2) is 24.3 Å². The Morgan fingerprint density at radius 1 is 1.32 bits per heavy atom. The molecular weight excluding hydrogens is 286 g/mol. The van der Waals surface area contributed by atoms with Crippen LogP contribution >= 0.6 is 0 Å². The number of benzene rings is 1. The first kappa shape index (κ1) is 16.3. The summed E-state index contributed by atoms with van der Waals surface area (Å²) in [5.41, 5.74) is -0.0975. The average Bonchev–Trinajstić information content (AvgIpc) is 2.87. The molecule has 2 N–H and O–H groups in total. The predicted octanol–water partition coefficient (Wildman–Crippen LogP) is 1.20. The zero-order valence-corrected chi connectivity index (χ0v) is 12.6. The van der Waals surface area contributed by atoms with E-state index in [9.17, 15) is 14.7 Å². The summed E-state index contributed by atoms with van der Waals surface area (Å²) < 4.78 is 5.67. The number of hydrogen-bond acceptors (Lipinski definition) is 4. The van der Waals surface area contributed by atoms with Crippen molar-refractivity contribution in [2.45, 2.75) is 31.8 Å². The molecule has 1 aliphatic rings. The van der Waals surface area contributed by atoms with Crippen LogP contribution in [0, 0.1) is 6.92 Å². The van der Waals surface area contributed by atoms with E-state index in [0.29, 0.717) is 18.7 Å². The molecule has 1 amide bonds. The molecule has 2 rings (SSSR count). The van der Waals surface area contributed by atoms with E-state index in [-0.39, 0.29) is 31.9 Å². The number of carbonyl (C=O) groups excluding carboxylic acids is 1. The Morgan fingerprint density at radius 3 is 2.73 bits per heavy atom. The molecule has 1 heterocycles. The first-order valence-electron chi connectivity index (χ1n) is 7.30. The highest BCUT2D eigenvalue weighted by Gasteiger charge is 2.38. The summed E-state index contributed by atoms with van der Waals surface area (Å²) in [4.78, 5) is 23.9. The fraction of sp³-hybridized carbons (Fsp3) is 0.500. The van der Waals surface area contributed by atoms with E-state index in [1.807, 2.05) is 31.2 Å². The summed E-state index contributed by atoms with van der Waals surface area (Å²) in [7, 11) is 0. The van der Waals surface area contributed by atoms with Crippen molar-refractivity contribution >= 4 is 11.9 Å². The summed E-state index contributed by atoms with van der Waals surface area (Å²) in [5, 5.41) is 19.1. The minimum absolute atomic E-state index is 0.0376. The van der Waals surface area contributed by atoms with Crippen molar-refractivity contribution in [3.8, 4) is 5.75 Å². The maximum Gasteiger partial charge on any atom is 0.303 e. The van der Waals surface area contributed by atoms with Gasteiger partial charge in [0.15, 0.2) is 0 Å². The van der Waals surface area contributed by atoms with Gasteiger partial charge in [0.2, 0.25) is 5.91 Å². The van der Waals surface area contributed by atoms with Gasteiger partial charge in [-0.3, -0.25) is 9.59 Å². The van der Waals surface area contributed by atoms with Crippen LogP contribution in [0.2, 0.25) is 0 Å². The quantitative estimate of drug-likeness (QED) is 0.824. The molecule has 0 aromatic heterocycles. The van der Waals surface area contributed by atoms with E-state index >= 15 is 0 Å². The highest BCUT2D eigenvalue weighted by molar-refractivity contribution is 5.81. The topological polar surface area (TPSA) is 87.1 Å². The molecule has 1 aromatic rings. The molecule has 0 radical (unpaired) electrons. The van der Waals surface area contributed by atoms with Crippen molar-refractivity contribution < 1.29 is 24.5 Å². The van der Waals surface area contributed by atoms with Gasteiger partial charge < -0.3 is 19.8 Å². The fourth-order valence-electron chi connectivity index (χ4n) is 2.49. The maximum absolute atomic E-state index is 11.9. The lowest BCUT2D eigenvalue weighted by atomic mass is 10.1. The van der Waals surface area contributed by atoms with Crippen LogP contribution in [0.25, 0.3) is 0 Å². The van der Waals surface area contributed by atoms with E-state index in [4.69, 9.17) is 9.84 Å². The number of aryl methyl sites for hydroxylation is 1. The molecule has 0 bridgehead atoms. The van der Waals surface area contributed by atoms with Gasteiger partial charge in [-0.25, -0.2) is 0 Å². The normalized spacial score (nSPS) is 20.9. The number of hydrogen-bond donors (Lipinski definition) is 2. The molecule has 1 unspecified atom stereocenters. The minimum Gasteiger partial charge on any atom is -0.490 e. The van der Waals surface area contributed by atoms with Crippen LogP contribution < -0.4 is 4.74 Å². The van der Waals surface area contributed by atoms with Crippen molar-refractivity contribution in [3.05, 3.63) is 29.8 Å².